The lowest BCUT2D eigenvalue weighted by molar-refractivity contribution is -0.140. The quantitative estimate of drug-likeness (QED) is 0.180. The van der Waals surface area contributed by atoms with Gasteiger partial charge in [-0.2, -0.15) is 0 Å². The minimum absolute atomic E-state index is 0.00579. The maximum absolute atomic E-state index is 13.2. The number of amides is 1. The van der Waals surface area contributed by atoms with E-state index >= 15 is 0 Å². The number of hydrogen-bond donors (Lipinski definition) is 2. The summed E-state index contributed by atoms with van der Waals surface area (Å²) in [6.07, 6.45) is 3.08. The van der Waals surface area contributed by atoms with Crippen LogP contribution in [0.1, 0.15) is 22.9 Å². The number of ether oxygens (including phenoxy) is 2. The second-order valence-electron chi connectivity index (χ2n) is 7.68. The Balaban J connectivity index is 1.85. The molecule has 2 heterocycles. The number of halogens is 1. The number of benzene rings is 2. The number of Topliss-reactive ketones (excluding diaryl/α,β-unsaturated/α-hetero) is 1. The molecule has 1 aromatic heterocycles. The highest BCUT2D eigenvalue weighted by molar-refractivity contribution is 9.10. The van der Waals surface area contributed by atoms with Gasteiger partial charge in [-0.3, -0.25) is 9.59 Å². The number of aliphatic hydroxyl groups excluding tert-OH is 1. The van der Waals surface area contributed by atoms with E-state index < -0.39 is 17.7 Å². The summed E-state index contributed by atoms with van der Waals surface area (Å²) in [5.74, 6) is -0.935. The second-order valence-corrected chi connectivity index (χ2v) is 8.54. The first-order chi connectivity index (χ1) is 16.8. The highest BCUT2D eigenvalue weighted by Crippen LogP contribution is 2.45. The summed E-state index contributed by atoms with van der Waals surface area (Å²) in [5, 5.41) is 21.5. The van der Waals surface area contributed by atoms with Gasteiger partial charge < -0.3 is 29.0 Å². The van der Waals surface area contributed by atoms with E-state index in [1.807, 2.05) is 0 Å². The lowest BCUT2D eigenvalue weighted by Crippen LogP contribution is -2.29. The topological polar surface area (TPSA) is 109 Å². The Labute approximate surface area is 209 Å². The summed E-state index contributed by atoms with van der Waals surface area (Å²) in [4.78, 5) is 27.6. The molecule has 2 N–H and O–H groups in total. The summed E-state index contributed by atoms with van der Waals surface area (Å²) in [6, 6.07) is 12.0. The number of nitrogens with zero attached hydrogens (tertiary/aromatic N) is 1. The molecule has 1 aliphatic rings. The number of aliphatic hydroxyl groups is 1. The van der Waals surface area contributed by atoms with E-state index in [1.165, 1.54) is 24.3 Å². The molecule has 1 aliphatic heterocycles. The van der Waals surface area contributed by atoms with E-state index in [0.29, 0.717) is 33.7 Å². The Morgan fingerprint density at radius 3 is 2.60 bits per heavy atom. The fraction of sp³-hybridized carbons (Fsp3) is 0.154. The zero-order valence-electron chi connectivity index (χ0n) is 18.7. The molecule has 9 heteroatoms. The molecule has 8 nitrogen and oxygen atoms in total. The van der Waals surface area contributed by atoms with Crippen LogP contribution in [0.2, 0.25) is 0 Å². The molecule has 0 radical (unpaired) electrons. The van der Waals surface area contributed by atoms with Crippen LogP contribution in [0, 0.1) is 0 Å². The lowest BCUT2D eigenvalue weighted by atomic mass is 9.95. The van der Waals surface area contributed by atoms with Crippen molar-refractivity contribution in [2.45, 2.75) is 12.6 Å². The fourth-order valence-electron chi connectivity index (χ4n) is 3.89. The smallest absolute Gasteiger partial charge is 0.296 e. The number of furan rings is 1. The Bertz CT molecular complexity index is 1300. The van der Waals surface area contributed by atoms with Gasteiger partial charge in [-0.05, 0) is 70.0 Å². The number of carbonyl (C=O) groups excluding carboxylic acids is 2. The SMILES string of the molecule is C=CCOc1ccc(C(O)=C2C(=O)C(=O)N(Cc3ccco3)C2c2cc(Br)c(O)c(OC)c2)cc1. The number of phenols is 1. The van der Waals surface area contributed by atoms with E-state index in [-0.39, 0.29) is 29.4 Å². The average molecular weight is 540 g/mol. The van der Waals surface area contributed by atoms with Crippen molar-refractivity contribution in [3.63, 3.8) is 0 Å². The van der Waals surface area contributed by atoms with Crippen molar-refractivity contribution in [2.75, 3.05) is 13.7 Å². The van der Waals surface area contributed by atoms with Crippen LogP contribution in [0.15, 0.2) is 81.9 Å². The van der Waals surface area contributed by atoms with Crippen LogP contribution in [-0.4, -0.2) is 40.5 Å². The van der Waals surface area contributed by atoms with Crippen molar-refractivity contribution in [1.29, 1.82) is 0 Å². The largest absolute Gasteiger partial charge is 0.507 e. The van der Waals surface area contributed by atoms with E-state index in [1.54, 1.807) is 48.5 Å². The van der Waals surface area contributed by atoms with E-state index in [9.17, 15) is 19.8 Å². The summed E-state index contributed by atoms with van der Waals surface area (Å²) < 4.78 is 16.4. The number of phenolic OH excluding ortho intramolecular Hbond substituents is 1. The molecule has 1 unspecified atom stereocenters. The number of rotatable bonds is 8. The maximum atomic E-state index is 13.2. The van der Waals surface area contributed by atoms with Crippen LogP contribution < -0.4 is 9.47 Å². The molecule has 1 amide bonds. The minimum Gasteiger partial charge on any atom is -0.507 e. The van der Waals surface area contributed by atoms with Gasteiger partial charge in [0.25, 0.3) is 11.7 Å². The molecule has 35 heavy (non-hydrogen) atoms. The zero-order chi connectivity index (χ0) is 25.1. The summed E-state index contributed by atoms with van der Waals surface area (Å²) >= 11 is 3.29. The molecule has 180 valence electrons. The van der Waals surface area contributed by atoms with Gasteiger partial charge in [-0.1, -0.05) is 12.7 Å². The highest BCUT2D eigenvalue weighted by Gasteiger charge is 2.46. The number of likely N-dealkylation sites (tertiary alicyclic amines) is 1. The third-order valence-corrected chi connectivity index (χ3v) is 6.13. The Kier molecular flexibility index (Phi) is 6.97. The molecule has 1 fully saturated rings. The Morgan fingerprint density at radius 2 is 1.97 bits per heavy atom. The van der Waals surface area contributed by atoms with Crippen molar-refractivity contribution in [3.8, 4) is 17.2 Å². The monoisotopic (exact) mass is 539 g/mol. The van der Waals surface area contributed by atoms with Crippen LogP contribution >= 0.6 is 15.9 Å². The molecular weight excluding hydrogens is 518 g/mol. The molecule has 0 spiro atoms. The first-order valence-corrected chi connectivity index (χ1v) is 11.4. The van der Waals surface area contributed by atoms with Crippen LogP contribution in [-0.2, 0) is 16.1 Å². The molecule has 3 aromatic rings. The van der Waals surface area contributed by atoms with Crippen molar-refractivity contribution in [1.82, 2.24) is 4.90 Å². The number of aromatic hydroxyl groups is 1. The number of methoxy groups -OCH3 is 1. The average Bonchev–Trinajstić information content (AvgIpc) is 3.46. The number of hydrogen-bond acceptors (Lipinski definition) is 7. The predicted molar refractivity (Wildman–Crippen MR) is 131 cm³/mol. The molecule has 2 aromatic carbocycles. The van der Waals surface area contributed by atoms with Gasteiger partial charge in [0.15, 0.2) is 11.5 Å². The molecule has 4 rings (SSSR count). The maximum Gasteiger partial charge on any atom is 0.296 e. The molecule has 0 aliphatic carbocycles. The van der Waals surface area contributed by atoms with Crippen molar-refractivity contribution in [3.05, 3.63) is 94.4 Å². The van der Waals surface area contributed by atoms with E-state index in [2.05, 4.69) is 22.5 Å². The van der Waals surface area contributed by atoms with Crippen molar-refractivity contribution in [2.24, 2.45) is 0 Å². The first kappa shape index (κ1) is 24.2. The van der Waals surface area contributed by atoms with Crippen LogP contribution in [0.5, 0.6) is 17.2 Å². The van der Waals surface area contributed by atoms with Gasteiger partial charge in [0, 0.05) is 5.56 Å². The van der Waals surface area contributed by atoms with Gasteiger partial charge in [0.1, 0.15) is 23.9 Å². The fourth-order valence-corrected chi connectivity index (χ4v) is 4.35. The third-order valence-electron chi connectivity index (χ3n) is 5.53. The zero-order valence-corrected chi connectivity index (χ0v) is 20.3. The van der Waals surface area contributed by atoms with Gasteiger partial charge in [-0.25, -0.2) is 0 Å². The van der Waals surface area contributed by atoms with E-state index in [4.69, 9.17) is 13.9 Å². The van der Waals surface area contributed by atoms with Gasteiger partial charge in [0.05, 0.1) is 36.0 Å². The first-order valence-electron chi connectivity index (χ1n) is 10.6. The summed E-state index contributed by atoms with van der Waals surface area (Å²) in [5.41, 5.74) is 0.687. The molecule has 1 saturated heterocycles. The molecular formula is C26H22BrNO7. The number of ketones is 1. The van der Waals surface area contributed by atoms with Crippen molar-refractivity contribution >= 4 is 33.4 Å². The second kappa shape index (κ2) is 10.1. The molecule has 0 bridgehead atoms. The summed E-state index contributed by atoms with van der Waals surface area (Å²) in [6.45, 7) is 3.92. The predicted octanol–water partition coefficient (Wildman–Crippen LogP) is 4.94. The standard InChI is InChI=1S/C26H22BrNO7/c1-3-10-34-17-8-6-15(7-9-17)23(29)21-22(16-12-19(27)24(30)20(13-16)33-2)28(26(32)25(21)31)14-18-5-4-11-35-18/h3-9,11-13,22,29-30H,1,10,14H2,2H3. The van der Waals surface area contributed by atoms with Crippen LogP contribution in [0.4, 0.5) is 0 Å². The highest BCUT2D eigenvalue weighted by atomic mass is 79.9. The lowest BCUT2D eigenvalue weighted by Gasteiger charge is -2.25. The Hall–Kier alpha value is -3.98. The normalized spacial score (nSPS) is 17.0. The summed E-state index contributed by atoms with van der Waals surface area (Å²) in [7, 11) is 1.39. The van der Waals surface area contributed by atoms with Crippen molar-refractivity contribution < 1.29 is 33.7 Å². The van der Waals surface area contributed by atoms with Gasteiger partial charge >= 0.3 is 0 Å². The van der Waals surface area contributed by atoms with E-state index in [0.717, 1.165) is 0 Å². The van der Waals surface area contributed by atoms with Gasteiger partial charge in [0.2, 0.25) is 0 Å². The Morgan fingerprint density at radius 1 is 1.23 bits per heavy atom. The third kappa shape index (κ3) is 4.67. The van der Waals surface area contributed by atoms with Crippen LogP contribution in [0.25, 0.3) is 5.76 Å². The van der Waals surface area contributed by atoms with Gasteiger partial charge in [-0.15, -0.1) is 0 Å². The number of carbonyl (C=O) groups is 2. The minimum atomic E-state index is -0.970. The molecule has 1 atom stereocenters. The van der Waals surface area contributed by atoms with Crippen LogP contribution in [0.3, 0.4) is 0 Å². The molecule has 0 saturated carbocycles.